The summed E-state index contributed by atoms with van der Waals surface area (Å²) in [5.74, 6) is -0.289. The van der Waals surface area contributed by atoms with Crippen molar-refractivity contribution in [2.24, 2.45) is 0 Å². The van der Waals surface area contributed by atoms with Crippen molar-refractivity contribution < 1.29 is 4.79 Å². The number of amides is 1. The van der Waals surface area contributed by atoms with Crippen molar-refractivity contribution in [1.29, 1.82) is 0 Å². The minimum Gasteiger partial charge on any atom is -0.320 e. The van der Waals surface area contributed by atoms with Crippen LogP contribution >= 0.6 is 0 Å². The quantitative estimate of drug-likeness (QED) is 0.595. The summed E-state index contributed by atoms with van der Waals surface area (Å²) in [7, 11) is 0. The molecule has 0 aliphatic rings. The molecule has 4 aromatic rings. The number of carbonyl (C=O) groups is 1. The van der Waals surface area contributed by atoms with Crippen LogP contribution in [0, 0.1) is 6.92 Å². The highest BCUT2D eigenvalue weighted by atomic mass is 16.2. The van der Waals surface area contributed by atoms with E-state index in [-0.39, 0.29) is 5.91 Å². The fraction of sp³-hybridized carbons (Fsp3) is 0.100. The van der Waals surface area contributed by atoms with Gasteiger partial charge in [-0.2, -0.15) is 15.0 Å². The van der Waals surface area contributed by atoms with Crippen LogP contribution in [0.25, 0.3) is 5.69 Å². The largest absolute Gasteiger partial charge is 0.320 e. The molecule has 0 saturated heterocycles. The number of hydrogen-bond acceptors (Lipinski definition) is 4. The summed E-state index contributed by atoms with van der Waals surface area (Å²) < 4.78 is 1.81. The van der Waals surface area contributed by atoms with Crippen LogP contribution in [0.1, 0.15) is 21.7 Å². The number of hydrogen-bond donors (Lipinski definition) is 1. The van der Waals surface area contributed by atoms with Crippen LogP contribution < -0.4 is 5.32 Å². The van der Waals surface area contributed by atoms with Gasteiger partial charge in [0.2, 0.25) is 0 Å². The highest BCUT2D eigenvalue weighted by Crippen LogP contribution is 2.18. The predicted molar refractivity (Wildman–Crippen MR) is 102 cm³/mol. The van der Waals surface area contributed by atoms with E-state index >= 15 is 0 Å². The topological polar surface area (TPSA) is 77.6 Å². The highest BCUT2D eigenvalue weighted by molar-refractivity contribution is 6.03. The molecular formula is C20H18N6O. The molecule has 0 atom stereocenters. The van der Waals surface area contributed by atoms with Gasteiger partial charge in [-0.25, -0.2) is 0 Å². The molecule has 2 heterocycles. The Hall–Kier alpha value is -3.74. The Labute approximate surface area is 156 Å². The summed E-state index contributed by atoms with van der Waals surface area (Å²) in [6.07, 6.45) is 3.61. The summed E-state index contributed by atoms with van der Waals surface area (Å²) in [6, 6.07) is 19.0. The van der Waals surface area contributed by atoms with Crippen LogP contribution in [-0.4, -0.2) is 30.7 Å². The molecule has 7 heteroatoms. The van der Waals surface area contributed by atoms with Crippen LogP contribution in [0.2, 0.25) is 0 Å². The van der Waals surface area contributed by atoms with Crippen molar-refractivity contribution in [3.63, 3.8) is 0 Å². The van der Waals surface area contributed by atoms with Crippen molar-refractivity contribution in [2.75, 3.05) is 5.32 Å². The molecule has 134 valence electrons. The van der Waals surface area contributed by atoms with E-state index in [1.165, 1.54) is 4.80 Å². The Bertz CT molecular complexity index is 1050. The fourth-order valence-corrected chi connectivity index (χ4v) is 2.80. The van der Waals surface area contributed by atoms with Gasteiger partial charge in [-0.15, -0.1) is 5.10 Å². The van der Waals surface area contributed by atoms with Gasteiger partial charge in [0.1, 0.15) is 0 Å². The zero-order valence-corrected chi connectivity index (χ0v) is 14.8. The second-order valence-electron chi connectivity index (χ2n) is 6.07. The van der Waals surface area contributed by atoms with Gasteiger partial charge < -0.3 is 5.32 Å². The highest BCUT2D eigenvalue weighted by Gasteiger charge is 2.17. The van der Waals surface area contributed by atoms with Crippen LogP contribution in [0.15, 0.2) is 73.1 Å². The van der Waals surface area contributed by atoms with Gasteiger partial charge in [0.15, 0.2) is 5.69 Å². The molecule has 0 saturated carbocycles. The minimum absolute atomic E-state index is 0.289. The minimum atomic E-state index is -0.289. The number of carbonyl (C=O) groups excluding carboxylic acids is 1. The third kappa shape index (κ3) is 3.62. The lowest BCUT2D eigenvalue weighted by molar-refractivity contribution is 0.102. The normalized spacial score (nSPS) is 10.7. The molecule has 0 radical (unpaired) electrons. The molecule has 0 unspecified atom stereocenters. The van der Waals surface area contributed by atoms with E-state index in [1.54, 1.807) is 13.1 Å². The van der Waals surface area contributed by atoms with Crippen molar-refractivity contribution >= 4 is 11.6 Å². The maximum atomic E-state index is 12.8. The zero-order valence-electron chi connectivity index (χ0n) is 14.8. The Kier molecular flexibility index (Phi) is 4.49. The van der Waals surface area contributed by atoms with Crippen LogP contribution in [0.4, 0.5) is 5.69 Å². The first-order valence-electron chi connectivity index (χ1n) is 8.57. The van der Waals surface area contributed by atoms with Gasteiger partial charge >= 0.3 is 0 Å². The Morgan fingerprint density at radius 1 is 1.00 bits per heavy atom. The average Bonchev–Trinajstić information content (AvgIpc) is 3.34. The molecule has 0 fully saturated rings. The molecule has 4 rings (SSSR count). The second-order valence-corrected chi connectivity index (χ2v) is 6.07. The SMILES string of the molecule is Cc1nn(-c2ccccc2)nc1C(=O)Nc1ccccc1Cn1cccn1. The van der Waals surface area contributed by atoms with E-state index < -0.39 is 0 Å². The van der Waals surface area contributed by atoms with Gasteiger partial charge in [0, 0.05) is 18.1 Å². The number of nitrogens with one attached hydrogen (secondary N) is 1. The predicted octanol–water partition coefficient (Wildman–Crippen LogP) is 3.07. The molecule has 7 nitrogen and oxygen atoms in total. The summed E-state index contributed by atoms with van der Waals surface area (Å²) in [4.78, 5) is 14.3. The van der Waals surface area contributed by atoms with E-state index in [1.807, 2.05) is 71.5 Å². The Morgan fingerprint density at radius 2 is 1.78 bits per heavy atom. The smallest absolute Gasteiger partial charge is 0.278 e. The zero-order chi connectivity index (χ0) is 18.6. The first-order chi connectivity index (χ1) is 13.2. The number of anilines is 1. The monoisotopic (exact) mass is 358 g/mol. The maximum absolute atomic E-state index is 12.8. The number of para-hydroxylation sites is 2. The average molecular weight is 358 g/mol. The van der Waals surface area contributed by atoms with Gasteiger partial charge in [0.25, 0.3) is 5.91 Å². The molecule has 0 spiro atoms. The lowest BCUT2D eigenvalue weighted by Crippen LogP contribution is -2.16. The Balaban J connectivity index is 1.58. The molecule has 2 aromatic carbocycles. The third-order valence-corrected chi connectivity index (χ3v) is 4.14. The standard InChI is InChI=1S/C20H18N6O/c1-15-19(24-26(23-15)17-9-3-2-4-10-17)20(27)22-18-11-6-5-8-16(18)14-25-13-7-12-21-25/h2-13H,14H2,1H3,(H,22,27). The van der Waals surface area contributed by atoms with E-state index in [0.717, 1.165) is 16.9 Å². The maximum Gasteiger partial charge on any atom is 0.278 e. The lowest BCUT2D eigenvalue weighted by atomic mass is 10.1. The molecule has 0 bridgehead atoms. The van der Waals surface area contributed by atoms with E-state index in [0.29, 0.717) is 17.9 Å². The van der Waals surface area contributed by atoms with Crippen LogP contribution in [0.5, 0.6) is 0 Å². The number of aryl methyl sites for hydroxylation is 1. The third-order valence-electron chi connectivity index (χ3n) is 4.14. The molecule has 27 heavy (non-hydrogen) atoms. The van der Waals surface area contributed by atoms with E-state index in [9.17, 15) is 4.79 Å². The number of aromatic nitrogens is 5. The number of nitrogens with zero attached hydrogens (tertiary/aromatic N) is 5. The number of rotatable bonds is 5. The molecule has 0 aliphatic heterocycles. The first kappa shape index (κ1) is 16.7. The van der Waals surface area contributed by atoms with Gasteiger partial charge in [-0.1, -0.05) is 36.4 Å². The van der Waals surface area contributed by atoms with Gasteiger partial charge in [0.05, 0.1) is 17.9 Å². The second kappa shape index (κ2) is 7.25. The summed E-state index contributed by atoms with van der Waals surface area (Å²) in [5, 5.41) is 15.9. The van der Waals surface area contributed by atoms with E-state index in [2.05, 4.69) is 20.6 Å². The summed E-state index contributed by atoms with van der Waals surface area (Å²) >= 11 is 0. The molecular weight excluding hydrogens is 340 g/mol. The molecule has 1 amide bonds. The fourth-order valence-electron chi connectivity index (χ4n) is 2.80. The van der Waals surface area contributed by atoms with Crippen molar-refractivity contribution in [1.82, 2.24) is 24.8 Å². The van der Waals surface area contributed by atoms with Crippen molar-refractivity contribution in [3.05, 3.63) is 90.0 Å². The van der Waals surface area contributed by atoms with Crippen LogP contribution in [0.3, 0.4) is 0 Å². The summed E-state index contributed by atoms with van der Waals surface area (Å²) in [6.45, 7) is 2.34. The van der Waals surface area contributed by atoms with Crippen LogP contribution in [-0.2, 0) is 6.54 Å². The number of benzene rings is 2. The van der Waals surface area contributed by atoms with Gasteiger partial charge in [-0.05, 0) is 36.8 Å². The summed E-state index contributed by atoms with van der Waals surface area (Å²) in [5.41, 5.74) is 3.36. The van der Waals surface area contributed by atoms with Crippen molar-refractivity contribution in [2.45, 2.75) is 13.5 Å². The molecule has 0 aliphatic carbocycles. The first-order valence-corrected chi connectivity index (χ1v) is 8.57. The molecule has 2 aromatic heterocycles. The van der Waals surface area contributed by atoms with Gasteiger partial charge in [-0.3, -0.25) is 9.48 Å². The lowest BCUT2D eigenvalue weighted by Gasteiger charge is -2.10. The van der Waals surface area contributed by atoms with Crippen molar-refractivity contribution in [3.8, 4) is 5.69 Å². The van der Waals surface area contributed by atoms with E-state index in [4.69, 9.17) is 0 Å². The Morgan fingerprint density at radius 3 is 2.56 bits per heavy atom. The molecule has 1 N–H and O–H groups in total.